The topological polar surface area (TPSA) is 17.3 Å². The molecule has 0 saturated carbocycles. The molecule has 0 aliphatic carbocycles. The van der Waals surface area contributed by atoms with Crippen LogP contribution in [-0.4, -0.2) is 9.38 Å². The molecule has 0 radical (unpaired) electrons. The van der Waals surface area contributed by atoms with Crippen LogP contribution in [0.25, 0.3) is 16.2 Å². The highest BCUT2D eigenvalue weighted by Crippen LogP contribution is 2.22. The van der Waals surface area contributed by atoms with Gasteiger partial charge in [0.05, 0.1) is 5.69 Å². The Balaban J connectivity index is 1.95. The van der Waals surface area contributed by atoms with Gasteiger partial charge >= 0.3 is 0 Å². The Bertz CT molecular complexity index is 591. The van der Waals surface area contributed by atoms with Crippen LogP contribution in [0.5, 0.6) is 0 Å². The highest BCUT2D eigenvalue weighted by Gasteiger charge is 2.04. The molecule has 3 heteroatoms. The monoisotopic (exact) mass is 242 g/mol. The van der Waals surface area contributed by atoms with Gasteiger partial charge in [0.1, 0.15) is 0 Å². The summed E-state index contributed by atoms with van der Waals surface area (Å²) in [5.74, 6) is 0. The standard InChI is InChI=1S/C14H14N2S/c1-2-3-11-4-6-12(7-5-11)13-10-16-8-9-17-14(16)15-13/h4-10H,2-3H2,1H3. The molecule has 0 atom stereocenters. The van der Waals surface area contributed by atoms with E-state index in [4.69, 9.17) is 0 Å². The summed E-state index contributed by atoms with van der Waals surface area (Å²) in [6.45, 7) is 2.21. The predicted molar refractivity (Wildman–Crippen MR) is 72.5 cm³/mol. The summed E-state index contributed by atoms with van der Waals surface area (Å²) in [5.41, 5.74) is 3.65. The van der Waals surface area contributed by atoms with Crippen molar-refractivity contribution >= 4 is 16.3 Å². The van der Waals surface area contributed by atoms with Gasteiger partial charge in [-0.3, -0.25) is 4.40 Å². The van der Waals surface area contributed by atoms with Gasteiger partial charge in [-0.1, -0.05) is 37.6 Å². The molecule has 0 aliphatic heterocycles. The Hall–Kier alpha value is -1.61. The first-order chi connectivity index (χ1) is 8.36. The fourth-order valence-electron chi connectivity index (χ4n) is 2.00. The van der Waals surface area contributed by atoms with Crippen molar-refractivity contribution in [2.45, 2.75) is 19.8 Å². The molecule has 0 aliphatic rings. The van der Waals surface area contributed by atoms with E-state index in [-0.39, 0.29) is 0 Å². The number of aromatic nitrogens is 2. The first-order valence-corrected chi connectivity index (χ1v) is 6.76. The molecule has 3 aromatic rings. The van der Waals surface area contributed by atoms with E-state index in [0.717, 1.165) is 17.1 Å². The summed E-state index contributed by atoms with van der Waals surface area (Å²) >= 11 is 1.67. The van der Waals surface area contributed by atoms with Crippen molar-refractivity contribution in [3.05, 3.63) is 47.6 Å². The van der Waals surface area contributed by atoms with Gasteiger partial charge in [0.2, 0.25) is 0 Å². The molecule has 1 aromatic carbocycles. The number of thiazole rings is 1. The molecule has 0 amide bonds. The maximum Gasteiger partial charge on any atom is 0.194 e. The summed E-state index contributed by atoms with van der Waals surface area (Å²) in [4.78, 5) is 5.65. The lowest BCUT2D eigenvalue weighted by Gasteiger charge is -2.00. The van der Waals surface area contributed by atoms with Crippen molar-refractivity contribution in [2.24, 2.45) is 0 Å². The minimum absolute atomic E-state index is 1.05. The zero-order valence-corrected chi connectivity index (χ0v) is 10.6. The average molecular weight is 242 g/mol. The first kappa shape index (κ1) is 10.5. The summed E-state index contributed by atoms with van der Waals surface area (Å²) in [7, 11) is 0. The van der Waals surface area contributed by atoms with Crippen molar-refractivity contribution in [1.29, 1.82) is 0 Å². The van der Waals surface area contributed by atoms with Gasteiger partial charge in [0, 0.05) is 23.3 Å². The number of aryl methyl sites for hydroxylation is 1. The molecule has 0 saturated heterocycles. The number of fused-ring (bicyclic) bond motifs is 1. The first-order valence-electron chi connectivity index (χ1n) is 5.88. The molecule has 17 heavy (non-hydrogen) atoms. The molecule has 2 aromatic heterocycles. The zero-order valence-electron chi connectivity index (χ0n) is 9.76. The molecule has 0 fully saturated rings. The Morgan fingerprint density at radius 2 is 2.06 bits per heavy atom. The number of benzene rings is 1. The lowest BCUT2D eigenvalue weighted by Crippen LogP contribution is -1.83. The van der Waals surface area contributed by atoms with Crippen LogP contribution in [0.2, 0.25) is 0 Å². The quantitative estimate of drug-likeness (QED) is 0.678. The van der Waals surface area contributed by atoms with E-state index in [2.05, 4.69) is 52.2 Å². The maximum atomic E-state index is 4.60. The number of hydrogen-bond acceptors (Lipinski definition) is 2. The minimum atomic E-state index is 1.05. The van der Waals surface area contributed by atoms with Gasteiger partial charge in [-0.2, -0.15) is 0 Å². The van der Waals surface area contributed by atoms with Gasteiger partial charge in [-0.15, -0.1) is 11.3 Å². The van der Waals surface area contributed by atoms with Crippen LogP contribution in [0.4, 0.5) is 0 Å². The highest BCUT2D eigenvalue weighted by atomic mass is 32.1. The summed E-state index contributed by atoms with van der Waals surface area (Å²) < 4.78 is 2.07. The Morgan fingerprint density at radius 1 is 1.24 bits per heavy atom. The van der Waals surface area contributed by atoms with Crippen molar-refractivity contribution in [3.8, 4) is 11.3 Å². The van der Waals surface area contributed by atoms with Crippen LogP contribution in [-0.2, 0) is 6.42 Å². The van der Waals surface area contributed by atoms with Crippen molar-refractivity contribution < 1.29 is 0 Å². The zero-order chi connectivity index (χ0) is 11.7. The second-order valence-electron chi connectivity index (χ2n) is 4.17. The number of rotatable bonds is 3. The van der Waals surface area contributed by atoms with Crippen LogP contribution >= 0.6 is 11.3 Å². The van der Waals surface area contributed by atoms with E-state index >= 15 is 0 Å². The van der Waals surface area contributed by atoms with E-state index < -0.39 is 0 Å². The normalized spacial score (nSPS) is 11.1. The predicted octanol–water partition coefficient (Wildman–Crippen LogP) is 4.02. The number of nitrogens with zero attached hydrogens (tertiary/aromatic N) is 2. The highest BCUT2D eigenvalue weighted by molar-refractivity contribution is 7.15. The summed E-state index contributed by atoms with van der Waals surface area (Å²) in [6.07, 6.45) is 6.47. The molecular weight excluding hydrogens is 228 g/mol. The van der Waals surface area contributed by atoms with Gasteiger partial charge in [0.25, 0.3) is 0 Å². The second kappa shape index (κ2) is 4.34. The molecule has 0 N–H and O–H groups in total. The van der Waals surface area contributed by atoms with E-state index in [0.29, 0.717) is 0 Å². The fourth-order valence-corrected chi connectivity index (χ4v) is 2.70. The SMILES string of the molecule is CCCc1ccc(-c2cn3ccsc3n2)cc1. The number of hydrogen-bond donors (Lipinski definition) is 0. The lowest BCUT2D eigenvalue weighted by molar-refractivity contribution is 0.922. The van der Waals surface area contributed by atoms with Crippen LogP contribution < -0.4 is 0 Å². The van der Waals surface area contributed by atoms with E-state index in [9.17, 15) is 0 Å². The van der Waals surface area contributed by atoms with Gasteiger partial charge < -0.3 is 0 Å². The molecule has 86 valence electrons. The maximum absolute atomic E-state index is 4.60. The molecule has 0 bridgehead atoms. The largest absolute Gasteiger partial charge is 0.297 e. The van der Waals surface area contributed by atoms with E-state index in [1.54, 1.807) is 11.3 Å². The Kier molecular flexibility index (Phi) is 2.69. The smallest absolute Gasteiger partial charge is 0.194 e. The van der Waals surface area contributed by atoms with Crippen molar-refractivity contribution in [2.75, 3.05) is 0 Å². The minimum Gasteiger partial charge on any atom is -0.297 e. The molecule has 3 rings (SSSR count). The fraction of sp³-hybridized carbons (Fsp3) is 0.214. The van der Waals surface area contributed by atoms with Crippen molar-refractivity contribution in [1.82, 2.24) is 9.38 Å². The second-order valence-corrected chi connectivity index (χ2v) is 5.04. The average Bonchev–Trinajstić information content (AvgIpc) is 2.90. The third-order valence-electron chi connectivity index (χ3n) is 2.88. The van der Waals surface area contributed by atoms with Crippen LogP contribution in [0.3, 0.4) is 0 Å². The Morgan fingerprint density at radius 3 is 2.76 bits per heavy atom. The van der Waals surface area contributed by atoms with E-state index in [1.807, 2.05) is 6.20 Å². The molecular formula is C14H14N2S. The molecule has 0 spiro atoms. The van der Waals surface area contributed by atoms with Gasteiger partial charge in [0.15, 0.2) is 4.96 Å². The van der Waals surface area contributed by atoms with Crippen molar-refractivity contribution in [3.63, 3.8) is 0 Å². The van der Waals surface area contributed by atoms with E-state index in [1.165, 1.54) is 17.5 Å². The third-order valence-corrected chi connectivity index (χ3v) is 3.65. The molecule has 2 nitrogen and oxygen atoms in total. The van der Waals surface area contributed by atoms with Crippen LogP contribution in [0, 0.1) is 0 Å². The molecule has 0 unspecified atom stereocenters. The van der Waals surface area contributed by atoms with Crippen LogP contribution in [0.1, 0.15) is 18.9 Å². The van der Waals surface area contributed by atoms with Crippen LogP contribution in [0.15, 0.2) is 42.0 Å². The lowest BCUT2D eigenvalue weighted by atomic mass is 10.1. The van der Waals surface area contributed by atoms with Gasteiger partial charge in [-0.05, 0) is 12.0 Å². The molecule has 2 heterocycles. The summed E-state index contributed by atoms with van der Waals surface area (Å²) in [6, 6.07) is 8.73. The number of imidazole rings is 1. The Labute approximate surface area is 105 Å². The third kappa shape index (κ3) is 1.98. The summed E-state index contributed by atoms with van der Waals surface area (Å²) in [5, 5.41) is 2.05. The van der Waals surface area contributed by atoms with Gasteiger partial charge in [-0.25, -0.2) is 4.98 Å².